The van der Waals surface area contributed by atoms with Crippen LogP contribution in [0.15, 0.2) is 0 Å². The lowest BCUT2D eigenvalue weighted by molar-refractivity contribution is -0.525. The van der Waals surface area contributed by atoms with E-state index in [-0.39, 0.29) is 16.9 Å². The van der Waals surface area contributed by atoms with Crippen molar-refractivity contribution < 1.29 is 4.92 Å². The molecule has 0 aromatic heterocycles. The number of nitro groups is 1. The minimum absolute atomic E-state index is 0.172. The lowest BCUT2D eigenvalue weighted by Gasteiger charge is -2.03. The highest BCUT2D eigenvalue weighted by molar-refractivity contribution is 4.78. The van der Waals surface area contributed by atoms with Gasteiger partial charge in [-0.05, 0) is 7.05 Å². The van der Waals surface area contributed by atoms with Crippen LogP contribution in [0.1, 0.15) is 6.92 Å². The highest BCUT2D eigenvalue weighted by atomic mass is 16.6. The van der Waals surface area contributed by atoms with E-state index in [1.807, 2.05) is 18.9 Å². The number of likely N-dealkylation sites (N-methyl/N-ethyl adjacent to an activating group) is 1. The largest absolute Gasteiger partial charge is 0.299 e. The average molecular weight is 144 g/mol. The molecule has 0 aromatic carbocycles. The molecule has 0 amide bonds. The zero-order valence-corrected chi connectivity index (χ0v) is 6.28. The molecule has 4 heteroatoms. The molecule has 0 N–H and O–H groups in total. The lowest BCUT2D eigenvalue weighted by atomic mass is 10.1. The molecule has 58 valence electrons. The predicted molar refractivity (Wildman–Crippen MR) is 37.4 cm³/mol. The van der Waals surface area contributed by atoms with Crippen LogP contribution in [0.2, 0.25) is 0 Å². The average Bonchev–Trinajstić information content (AvgIpc) is 2.10. The summed E-state index contributed by atoms with van der Waals surface area (Å²) in [4.78, 5) is 12.2. The fourth-order valence-electron chi connectivity index (χ4n) is 1.46. The first-order chi connectivity index (χ1) is 4.61. The molecule has 10 heavy (non-hydrogen) atoms. The number of rotatable bonds is 1. The zero-order chi connectivity index (χ0) is 7.72. The second-order valence-corrected chi connectivity index (χ2v) is 3.05. The molecule has 0 aromatic rings. The molecule has 1 fully saturated rings. The molecule has 0 aliphatic carbocycles. The third-order valence-electron chi connectivity index (χ3n) is 2.03. The molecule has 1 heterocycles. The quantitative estimate of drug-likeness (QED) is 0.390. The summed E-state index contributed by atoms with van der Waals surface area (Å²) in [5, 5.41) is 10.3. The SMILES string of the molecule is C[C@@H]1CN(C)C[C@H]1[N+](=O)[O-]. The van der Waals surface area contributed by atoms with Gasteiger partial charge in [0, 0.05) is 17.4 Å². The van der Waals surface area contributed by atoms with Crippen LogP contribution >= 0.6 is 0 Å². The monoisotopic (exact) mass is 144 g/mol. The van der Waals surface area contributed by atoms with Gasteiger partial charge in [-0.2, -0.15) is 0 Å². The van der Waals surface area contributed by atoms with Crippen molar-refractivity contribution >= 4 is 0 Å². The minimum Gasteiger partial charge on any atom is -0.299 e. The predicted octanol–water partition coefficient (Wildman–Crippen LogP) is 0.213. The third kappa shape index (κ3) is 1.26. The van der Waals surface area contributed by atoms with Crippen LogP contribution in [0.5, 0.6) is 0 Å². The number of likely N-dealkylation sites (tertiary alicyclic amines) is 1. The van der Waals surface area contributed by atoms with Crippen LogP contribution in [-0.2, 0) is 0 Å². The van der Waals surface area contributed by atoms with E-state index in [0.29, 0.717) is 6.54 Å². The Hall–Kier alpha value is -0.640. The van der Waals surface area contributed by atoms with E-state index in [4.69, 9.17) is 0 Å². The van der Waals surface area contributed by atoms with E-state index in [0.717, 1.165) is 6.54 Å². The topological polar surface area (TPSA) is 46.4 Å². The molecule has 0 spiro atoms. The Balaban J connectivity index is 2.54. The van der Waals surface area contributed by atoms with E-state index in [1.54, 1.807) is 0 Å². The Morgan fingerprint density at radius 1 is 1.60 bits per heavy atom. The molecular weight excluding hydrogens is 132 g/mol. The maximum Gasteiger partial charge on any atom is 0.229 e. The fourth-order valence-corrected chi connectivity index (χ4v) is 1.46. The second kappa shape index (κ2) is 2.54. The lowest BCUT2D eigenvalue weighted by Crippen LogP contribution is -2.26. The summed E-state index contributed by atoms with van der Waals surface area (Å²) in [6.07, 6.45) is 0. The highest BCUT2D eigenvalue weighted by Crippen LogP contribution is 2.16. The van der Waals surface area contributed by atoms with Gasteiger partial charge in [0.05, 0.1) is 6.54 Å². The normalized spacial score (nSPS) is 34.6. The van der Waals surface area contributed by atoms with Crippen molar-refractivity contribution in [3.8, 4) is 0 Å². The molecule has 0 bridgehead atoms. The highest BCUT2D eigenvalue weighted by Gasteiger charge is 2.35. The third-order valence-corrected chi connectivity index (χ3v) is 2.03. The van der Waals surface area contributed by atoms with Gasteiger partial charge >= 0.3 is 0 Å². The van der Waals surface area contributed by atoms with Crippen molar-refractivity contribution in [3.63, 3.8) is 0 Å². The maximum atomic E-state index is 10.3. The molecule has 1 rings (SSSR count). The molecule has 1 aliphatic heterocycles. The van der Waals surface area contributed by atoms with E-state index in [2.05, 4.69) is 0 Å². The summed E-state index contributed by atoms with van der Waals surface area (Å²) >= 11 is 0. The fraction of sp³-hybridized carbons (Fsp3) is 1.00. The minimum atomic E-state index is -0.343. The van der Waals surface area contributed by atoms with Crippen molar-refractivity contribution in [2.45, 2.75) is 13.0 Å². The van der Waals surface area contributed by atoms with Gasteiger partial charge in [-0.1, -0.05) is 6.92 Å². The van der Waals surface area contributed by atoms with Gasteiger partial charge < -0.3 is 0 Å². The first kappa shape index (κ1) is 7.47. The van der Waals surface area contributed by atoms with Crippen LogP contribution in [0.3, 0.4) is 0 Å². The summed E-state index contributed by atoms with van der Waals surface area (Å²) in [6, 6.07) is -0.343. The Kier molecular flexibility index (Phi) is 1.89. The summed E-state index contributed by atoms with van der Waals surface area (Å²) in [5.41, 5.74) is 0. The summed E-state index contributed by atoms with van der Waals surface area (Å²) in [7, 11) is 1.92. The molecule has 2 atom stereocenters. The van der Waals surface area contributed by atoms with Gasteiger partial charge in [0.15, 0.2) is 0 Å². The molecule has 1 aliphatic rings. The maximum absolute atomic E-state index is 10.3. The van der Waals surface area contributed by atoms with E-state index >= 15 is 0 Å². The first-order valence-corrected chi connectivity index (χ1v) is 3.43. The van der Waals surface area contributed by atoms with Crippen molar-refractivity contribution in [1.82, 2.24) is 4.90 Å². The molecule has 0 radical (unpaired) electrons. The molecule has 0 unspecified atom stereocenters. The van der Waals surface area contributed by atoms with Crippen LogP contribution in [-0.4, -0.2) is 36.0 Å². The van der Waals surface area contributed by atoms with Gasteiger partial charge in [-0.15, -0.1) is 0 Å². The smallest absolute Gasteiger partial charge is 0.229 e. The number of hydrogen-bond donors (Lipinski definition) is 0. The Morgan fingerprint density at radius 2 is 2.20 bits per heavy atom. The van der Waals surface area contributed by atoms with Gasteiger partial charge in [0.1, 0.15) is 0 Å². The van der Waals surface area contributed by atoms with Crippen LogP contribution in [0.4, 0.5) is 0 Å². The van der Waals surface area contributed by atoms with Crippen LogP contribution in [0, 0.1) is 16.0 Å². The van der Waals surface area contributed by atoms with E-state index in [1.165, 1.54) is 0 Å². The van der Waals surface area contributed by atoms with Crippen molar-refractivity contribution in [1.29, 1.82) is 0 Å². The molecule has 0 saturated carbocycles. The van der Waals surface area contributed by atoms with Gasteiger partial charge in [-0.3, -0.25) is 15.0 Å². The summed E-state index contributed by atoms with van der Waals surface area (Å²) in [6.45, 7) is 3.39. The van der Waals surface area contributed by atoms with E-state index in [9.17, 15) is 10.1 Å². The molecule has 4 nitrogen and oxygen atoms in total. The van der Waals surface area contributed by atoms with Crippen LogP contribution < -0.4 is 0 Å². The van der Waals surface area contributed by atoms with Gasteiger partial charge in [0.2, 0.25) is 6.04 Å². The standard InChI is InChI=1S/C6H12N2O2/c1-5-3-7(2)4-6(5)8(9)10/h5-6H,3-4H2,1-2H3/t5-,6-/m1/s1. The summed E-state index contributed by atoms with van der Waals surface area (Å²) in [5.74, 6) is 0.208. The van der Waals surface area contributed by atoms with Crippen molar-refractivity contribution in [2.24, 2.45) is 5.92 Å². The molecular formula is C6H12N2O2. The van der Waals surface area contributed by atoms with Gasteiger partial charge in [0.25, 0.3) is 0 Å². The number of hydrogen-bond acceptors (Lipinski definition) is 3. The summed E-state index contributed by atoms with van der Waals surface area (Å²) < 4.78 is 0. The molecule has 1 saturated heterocycles. The van der Waals surface area contributed by atoms with E-state index < -0.39 is 0 Å². The van der Waals surface area contributed by atoms with Crippen molar-refractivity contribution in [2.75, 3.05) is 20.1 Å². The second-order valence-electron chi connectivity index (χ2n) is 3.05. The Bertz CT molecular complexity index is 149. The zero-order valence-electron chi connectivity index (χ0n) is 6.28. The van der Waals surface area contributed by atoms with Crippen LogP contribution in [0.25, 0.3) is 0 Å². The Morgan fingerprint density at radius 3 is 2.40 bits per heavy atom. The first-order valence-electron chi connectivity index (χ1n) is 3.43. The van der Waals surface area contributed by atoms with Gasteiger partial charge in [-0.25, -0.2) is 0 Å². The Labute approximate surface area is 60.0 Å². The van der Waals surface area contributed by atoms with Crippen molar-refractivity contribution in [3.05, 3.63) is 10.1 Å². The number of nitrogens with zero attached hydrogens (tertiary/aromatic N) is 2.